The van der Waals surface area contributed by atoms with E-state index in [0.29, 0.717) is 5.57 Å². The van der Waals surface area contributed by atoms with E-state index in [1.165, 1.54) is 0 Å². The smallest absolute Gasteiger partial charge is 0.299 e. The van der Waals surface area contributed by atoms with Crippen LogP contribution in [0.4, 0.5) is 13.2 Å². The zero-order valence-electron chi connectivity index (χ0n) is 6.87. The average molecular weight is 180 g/mol. The fourth-order valence-corrected chi connectivity index (χ4v) is 0.706. The van der Waals surface area contributed by atoms with Crippen LogP contribution in [0.2, 0.25) is 0 Å². The maximum Gasteiger partial charge on any atom is 0.389 e. The van der Waals surface area contributed by atoms with E-state index < -0.39 is 24.8 Å². The highest BCUT2D eigenvalue weighted by Gasteiger charge is 2.27. The molecule has 0 fully saturated rings. The van der Waals surface area contributed by atoms with Crippen LogP contribution >= 0.6 is 0 Å². The fraction of sp³-hybridized carbons (Fsp3) is 0.625. The van der Waals surface area contributed by atoms with E-state index >= 15 is 0 Å². The second-order valence-corrected chi connectivity index (χ2v) is 2.79. The first-order valence-corrected chi connectivity index (χ1v) is 3.54. The Morgan fingerprint density at radius 3 is 2.25 bits per heavy atom. The molecule has 0 N–H and O–H groups in total. The van der Waals surface area contributed by atoms with Gasteiger partial charge in [0.1, 0.15) is 5.78 Å². The molecule has 0 heterocycles. The molecule has 1 nitrogen and oxygen atoms in total. The van der Waals surface area contributed by atoms with Crippen LogP contribution in [-0.4, -0.2) is 12.0 Å². The van der Waals surface area contributed by atoms with Crippen LogP contribution < -0.4 is 0 Å². The predicted octanol–water partition coefficient (Wildman–Crippen LogP) is 2.86. The Bertz CT molecular complexity index is 181. The van der Waals surface area contributed by atoms with Crippen molar-refractivity contribution in [2.45, 2.75) is 32.4 Å². The molecule has 0 aromatic carbocycles. The van der Waals surface area contributed by atoms with Crippen LogP contribution in [0.3, 0.4) is 0 Å². The van der Waals surface area contributed by atoms with Gasteiger partial charge in [-0.2, -0.15) is 13.2 Å². The summed E-state index contributed by atoms with van der Waals surface area (Å²) < 4.78 is 34.7. The Hall–Kier alpha value is -0.800. The topological polar surface area (TPSA) is 17.1 Å². The van der Waals surface area contributed by atoms with Gasteiger partial charge in [0.2, 0.25) is 0 Å². The van der Waals surface area contributed by atoms with Crippen LogP contribution in [0.5, 0.6) is 0 Å². The highest BCUT2D eigenvalue weighted by molar-refractivity contribution is 5.80. The minimum atomic E-state index is -4.23. The number of hydrogen-bond acceptors (Lipinski definition) is 1. The van der Waals surface area contributed by atoms with E-state index in [2.05, 4.69) is 6.58 Å². The first-order chi connectivity index (χ1) is 5.31. The van der Waals surface area contributed by atoms with Crippen molar-refractivity contribution in [2.24, 2.45) is 0 Å². The summed E-state index contributed by atoms with van der Waals surface area (Å²) in [6.07, 6.45) is -5.64. The number of rotatable bonds is 4. The molecule has 0 saturated heterocycles. The van der Waals surface area contributed by atoms with Crippen LogP contribution in [-0.2, 0) is 4.79 Å². The van der Waals surface area contributed by atoms with Gasteiger partial charge in [0.25, 0.3) is 0 Å². The van der Waals surface area contributed by atoms with Crippen molar-refractivity contribution in [3.8, 4) is 0 Å². The molecule has 4 heteroatoms. The molecule has 0 aliphatic heterocycles. The second kappa shape index (κ2) is 4.28. The molecule has 0 aliphatic rings. The Morgan fingerprint density at radius 1 is 1.42 bits per heavy atom. The largest absolute Gasteiger partial charge is 0.389 e. The van der Waals surface area contributed by atoms with Crippen molar-refractivity contribution >= 4 is 5.78 Å². The third-order valence-electron chi connectivity index (χ3n) is 1.19. The SMILES string of the molecule is C=C(C)CC(=O)CCC(F)(F)F. The van der Waals surface area contributed by atoms with Crippen LogP contribution in [0.1, 0.15) is 26.2 Å². The van der Waals surface area contributed by atoms with Gasteiger partial charge < -0.3 is 0 Å². The fourth-order valence-electron chi connectivity index (χ4n) is 0.706. The van der Waals surface area contributed by atoms with Gasteiger partial charge in [0, 0.05) is 12.8 Å². The van der Waals surface area contributed by atoms with Gasteiger partial charge in [0.05, 0.1) is 6.42 Å². The highest BCUT2D eigenvalue weighted by Crippen LogP contribution is 2.22. The number of Topliss-reactive ketones (excluding diaryl/α,β-unsaturated/α-hetero) is 1. The van der Waals surface area contributed by atoms with E-state index in [-0.39, 0.29) is 6.42 Å². The average Bonchev–Trinajstić information content (AvgIpc) is 1.80. The van der Waals surface area contributed by atoms with Crippen LogP contribution in [0.15, 0.2) is 12.2 Å². The minimum Gasteiger partial charge on any atom is -0.299 e. The summed E-state index contributed by atoms with van der Waals surface area (Å²) in [6.45, 7) is 5.05. The summed E-state index contributed by atoms with van der Waals surface area (Å²) in [5.41, 5.74) is 0.599. The van der Waals surface area contributed by atoms with E-state index in [0.717, 1.165) is 0 Å². The summed E-state index contributed by atoms with van der Waals surface area (Å²) in [4.78, 5) is 10.7. The summed E-state index contributed by atoms with van der Waals surface area (Å²) in [7, 11) is 0. The Labute approximate surface area is 69.3 Å². The number of allylic oxidation sites excluding steroid dienone is 1. The van der Waals surface area contributed by atoms with Gasteiger partial charge in [0.15, 0.2) is 0 Å². The molecular weight excluding hydrogens is 169 g/mol. The quantitative estimate of drug-likeness (QED) is 0.608. The first kappa shape index (κ1) is 11.2. The molecule has 0 bridgehead atoms. The van der Waals surface area contributed by atoms with E-state index in [1.807, 2.05) is 0 Å². The molecule has 0 atom stereocenters. The lowest BCUT2D eigenvalue weighted by molar-refractivity contribution is -0.143. The normalized spacial score (nSPS) is 11.3. The van der Waals surface area contributed by atoms with Crippen molar-refractivity contribution in [1.82, 2.24) is 0 Å². The number of ketones is 1. The van der Waals surface area contributed by atoms with E-state index in [9.17, 15) is 18.0 Å². The van der Waals surface area contributed by atoms with Crippen molar-refractivity contribution in [3.05, 3.63) is 12.2 Å². The Balaban J connectivity index is 3.65. The predicted molar refractivity (Wildman–Crippen MR) is 39.7 cm³/mol. The molecular formula is C8H11F3O. The van der Waals surface area contributed by atoms with E-state index in [1.54, 1.807) is 6.92 Å². The summed E-state index contributed by atoms with van der Waals surface area (Å²) >= 11 is 0. The lowest BCUT2D eigenvalue weighted by atomic mass is 10.1. The minimum absolute atomic E-state index is 0.0517. The molecule has 0 saturated carbocycles. The second-order valence-electron chi connectivity index (χ2n) is 2.79. The van der Waals surface area contributed by atoms with Gasteiger partial charge in [-0.1, -0.05) is 12.2 Å². The van der Waals surface area contributed by atoms with Crippen molar-refractivity contribution < 1.29 is 18.0 Å². The van der Waals surface area contributed by atoms with Gasteiger partial charge in [-0.05, 0) is 6.92 Å². The number of alkyl halides is 3. The molecule has 0 rings (SSSR count). The van der Waals surface area contributed by atoms with Gasteiger partial charge in [-0.25, -0.2) is 0 Å². The maximum absolute atomic E-state index is 11.6. The zero-order chi connectivity index (χ0) is 9.78. The third-order valence-corrected chi connectivity index (χ3v) is 1.19. The molecule has 0 aromatic rings. The number of carbonyl (C=O) groups is 1. The highest BCUT2D eigenvalue weighted by atomic mass is 19.4. The Kier molecular flexibility index (Phi) is 4.00. The lowest BCUT2D eigenvalue weighted by Gasteiger charge is -2.04. The Morgan fingerprint density at radius 2 is 1.92 bits per heavy atom. The van der Waals surface area contributed by atoms with Gasteiger partial charge in [-0.15, -0.1) is 0 Å². The van der Waals surface area contributed by atoms with Crippen molar-refractivity contribution in [2.75, 3.05) is 0 Å². The molecule has 0 amide bonds. The van der Waals surface area contributed by atoms with Gasteiger partial charge in [-0.3, -0.25) is 4.79 Å². The van der Waals surface area contributed by atoms with Crippen molar-refractivity contribution in [3.63, 3.8) is 0 Å². The number of halogens is 3. The number of hydrogen-bond donors (Lipinski definition) is 0. The van der Waals surface area contributed by atoms with Crippen LogP contribution in [0, 0.1) is 0 Å². The van der Waals surface area contributed by atoms with Crippen molar-refractivity contribution in [1.29, 1.82) is 0 Å². The molecule has 0 spiro atoms. The maximum atomic E-state index is 11.6. The lowest BCUT2D eigenvalue weighted by Crippen LogP contribution is -2.10. The number of carbonyl (C=O) groups excluding carboxylic acids is 1. The van der Waals surface area contributed by atoms with Crippen LogP contribution in [0.25, 0.3) is 0 Å². The molecule has 0 aromatic heterocycles. The standard InChI is InChI=1S/C8H11F3O/c1-6(2)5-7(12)3-4-8(9,10)11/h1,3-5H2,2H3. The third kappa shape index (κ3) is 7.31. The summed E-state index contributed by atoms with van der Waals surface area (Å²) in [5, 5.41) is 0. The summed E-state index contributed by atoms with van der Waals surface area (Å²) in [6, 6.07) is 0. The molecule has 70 valence electrons. The molecule has 12 heavy (non-hydrogen) atoms. The van der Waals surface area contributed by atoms with Gasteiger partial charge >= 0.3 is 6.18 Å². The monoisotopic (exact) mass is 180 g/mol. The molecule has 0 unspecified atom stereocenters. The molecule has 0 aliphatic carbocycles. The van der Waals surface area contributed by atoms with E-state index in [4.69, 9.17) is 0 Å². The molecule has 0 radical (unpaired) electrons. The summed E-state index contributed by atoms with van der Waals surface area (Å²) in [5.74, 6) is -0.403. The first-order valence-electron chi connectivity index (χ1n) is 3.54. The zero-order valence-corrected chi connectivity index (χ0v) is 6.87.